The second-order valence-corrected chi connectivity index (χ2v) is 6.46. The number of nitrogens with two attached hydrogens (primary N) is 1. The second kappa shape index (κ2) is 6.02. The van der Waals surface area contributed by atoms with E-state index in [2.05, 4.69) is 32.6 Å². The molecule has 0 radical (unpaired) electrons. The van der Waals surface area contributed by atoms with Crippen molar-refractivity contribution in [3.8, 4) is 0 Å². The first-order valence-corrected chi connectivity index (χ1v) is 6.90. The van der Waals surface area contributed by atoms with E-state index in [1.54, 1.807) is 0 Å². The quantitative estimate of drug-likeness (QED) is 0.754. The molecule has 1 atom stereocenters. The molecule has 1 unspecified atom stereocenters. The molecule has 0 aromatic rings. The molecule has 1 heterocycles. The second-order valence-electron chi connectivity index (χ2n) is 6.46. The summed E-state index contributed by atoms with van der Waals surface area (Å²) < 4.78 is 0. The van der Waals surface area contributed by atoms with E-state index in [0.29, 0.717) is 5.41 Å². The zero-order valence-electron chi connectivity index (χ0n) is 11.6. The van der Waals surface area contributed by atoms with Crippen LogP contribution in [0, 0.1) is 11.3 Å². The molecular formula is C14H30N2. The van der Waals surface area contributed by atoms with Crippen molar-refractivity contribution < 1.29 is 0 Å². The fourth-order valence-electron chi connectivity index (χ4n) is 2.75. The topological polar surface area (TPSA) is 29.3 Å². The van der Waals surface area contributed by atoms with E-state index in [1.807, 2.05) is 0 Å². The summed E-state index contributed by atoms with van der Waals surface area (Å²) >= 11 is 0. The molecular weight excluding hydrogens is 196 g/mol. The molecule has 0 aromatic heterocycles. The van der Waals surface area contributed by atoms with Crippen LogP contribution in [0.4, 0.5) is 0 Å². The van der Waals surface area contributed by atoms with Gasteiger partial charge in [0.2, 0.25) is 0 Å². The predicted molar refractivity (Wildman–Crippen MR) is 71.5 cm³/mol. The van der Waals surface area contributed by atoms with Gasteiger partial charge in [0, 0.05) is 6.04 Å². The van der Waals surface area contributed by atoms with Crippen molar-refractivity contribution in [1.82, 2.24) is 4.90 Å². The van der Waals surface area contributed by atoms with E-state index in [4.69, 9.17) is 5.73 Å². The van der Waals surface area contributed by atoms with Crippen LogP contribution in [0.25, 0.3) is 0 Å². The lowest BCUT2D eigenvalue weighted by molar-refractivity contribution is 0.192. The number of nitrogens with zero attached hydrogens (tertiary/aromatic N) is 1. The Morgan fingerprint density at radius 1 is 1.38 bits per heavy atom. The molecule has 0 spiro atoms. The van der Waals surface area contributed by atoms with Gasteiger partial charge in [-0.3, -0.25) is 0 Å². The fourth-order valence-corrected chi connectivity index (χ4v) is 2.75. The minimum absolute atomic E-state index is 0.326. The van der Waals surface area contributed by atoms with Crippen molar-refractivity contribution >= 4 is 0 Å². The van der Waals surface area contributed by atoms with Crippen molar-refractivity contribution in [3.63, 3.8) is 0 Å². The summed E-state index contributed by atoms with van der Waals surface area (Å²) in [5.41, 5.74) is 6.09. The van der Waals surface area contributed by atoms with Crippen LogP contribution < -0.4 is 5.73 Å². The molecule has 0 aromatic carbocycles. The first kappa shape index (κ1) is 14.0. The van der Waals surface area contributed by atoms with Crippen molar-refractivity contribution in [1.29, 1.82) is 0 Å². The van der Waals surface area contributed by atoms with Gasteiger partial charge in [-0.15, -0.1) is 0 Å². The van der Waals surface area contributed by atoms with E-state index in [0.717, 1.165) is 18.5 Å². The van der Waals surface area contributed by atoms with E-state index in [9.17, 15) is 0 Å². The molecule has 96 valence electrons. The van der Waals surface area contributed by atoms with Gasteiger partial charge < -0.3 is 10.6 Å². The van der Waals surface area contributed by atoms with Gasteiger partial charge in [-0.1, -0.05) is 27.7 Å². The Balaban J connectivity index is 2.27. The zero-order valence-corrected chi connectivity index (χ0v) is 11.6. The molecule has 0 bridgehead atoms. The standard InChI is InChI=1S/C14H30N2/c1-12(2)13-7-5-9-16(13)10-6-8-14(3,4)11-15/h12-13H,5-11,15H2,1-4H3. The summed E-state index contributed by atoms with van der Waals surface area (Å²) in [5, 5.41) is 0. The number of likely N-dealkylation sites (tertiary alicyclic amines) is 1. The minimum Gasteiger partial charge on any atom is -0.330 e. The van der Waals surface area contributed by atoms with Crippen LogP contribution in [-0.2, 0) is 0 Å². The molecule has 2 nitrogen and oxygen atoms in total. The maximum atomic E-state index is 5.76. The highest BCUT2D eigenvalue weighted by molar-refractivity contribution is 4.82. The van der Waals surface area contributed by atoms with Crippen LogP contribution in [0.5, 0.6) is 0 Å². The maximum Gasteiger partial charge on any atom is 0.0119 e. The predicted octanol–water partition coefficient (Wildman–Crippen LogP) is 2.87. The summed E-state index contributed by atoms with van der Waals surface area (Å²) in [6.07, 6.45) is 5.35. The third kappa shape index (κ3) is 4.06. The van der Waals surface area contributed by atoms with Crippen LogP contribution in [0.2, 0.25) is 0 Å². The first-order valence-electron chi connectivity index (χ1n) is 6.90. The summed E-state index contributed by atoms with van der Waals surface area (Å²) in [6.45, 7) is 12.6. The summed E-state index contributed by atoms with van der Waals surface area (Å²) in [5.74, 6) is 0.810. The summed E-state index contributed by atoms with van der Waals surface area (Å²) in [6, 6.07) is 0.834. The van der Waals surface area contributed by atoms with Gasteiger partial charge in [-0.25, -0.2) is 0 Å². The highest BCUT2D eigenvalue weighted by Gasteiger charge is 2.26. The molecule has 0 aliphatic carbocycles. The molecule has 1 fully saturated rings. The average molecular weight is 226 g/mol. The third-order valence-electron chi connectivity index (χ3n) is 4.04. The Labute approximate surface area is 102 Å². The number of rotatable bonds is 6. The summed E-state index contributed by atoms with van der Waals surface area (Å²) in [4.78, 5) is 2.69. The van der Waals surface area contributed by atoms with Crippen molar-refractivity contribution in [3.05, 3.63) is 0 Å². The maximum absolute atomic E-state index is 5.76. The number of hydrogen-bond acceptors (Lipinski definition) is 2. The lowest BCUT2D eigenvalue weighted by Gasteiger charge is -2.29. The van der Waals surface area contributed by atoms with Crippen molar-refractivity contribution in [2.75, 3.05) is 19.6 Å². The van der Waals surface area contributed by atoms with Crippen LogP contribution in [0.1, 0.15) is 53.4 Å². The summed E-state index contributed by atoms with van der Waals surface area (Å²) in [7, 11) is 0. The molecule has 1 saturated heterocycles. The molecule has 16 heavy (non-hydrogen) atoms. The van der Waals surface area contributed by atoms with Gasteiger partial charge in [-0.05, 0) is 56.7 Å². The van der Waals surface area contributed by atoms with E-state index in [-0.39, 0.29) is 0 Å². The van der Waals surface area contributed by atoms with Crippen LogP contribution >= 0.6 is 0 Å². The Morgan fingerprint density at radius 3 is 2.62 bits per heavy atom. The molecule has 1 aliphatic heterocycles. The zero-order chi connectivity index (χ0) is 12.2. The largest absolute Gasteiger partial charge is 0.330 e. The highest BCUT2D eigenvalue weighted by atomic mass is 15.2. The molecule has 2 N–H and O–H groups in total. The Kier molecular flexibility index (Phi) is 5.26. The molecule has 1 rings (SSSR count). The van der Waals surface area contributed by atoms with Gasteiger partial charge in [-0.2, -0.15) is 0 Å². The minimum atomic E-state index is 0.326. The lowest BCUT2D eigenvalue weighted by atomic mass is 9.88. The van der Waals surface area contributed by atoms with Crippen molar-refractivity contribution in [2.45, 2.75) is 59.4 Å². The SMILES string of the molecule is CC(C)C1CCCN1CCCC(C)(C)CN. The Bertz CT molecular complexity index is 199. The normalized spacial score (nSPS) is 23.2. The molecule has 1 aliphatic rings. The lowest BCUT2D eigenvalue weighted by Crippen LogP contribution is -2.35. The van der Waals surface area contributed by atoms with E-state index in [1.165, 1.54) is 38.8 Å². The van der Waals surface area contributed by atoms with Crippen LogP contribution in [-0.4, -0.2) is 30.6 Å². The van der Waals surface area contributed by atoms with Crippen LogP contribution in [0.15, 0.2) is 0 Å². The number of hydrogen-bond donors (Lipinski definition) is 1. The molecule has 0 amide bonds. The van der Waals surface area contributed by atoms with Gasteiger partial charge >= 0.3 is 0 Å². The van der Waals surface area contributed by atoms with E-state index >= 15 is 0 Å². The monoisotopic (exact) mass is 226 g/mol. The first-order chi connectivity index (χ1) is 7.46. The van der Waals surface area contributed by atoms with E-state index < -0.39 is 0 Å². The Morgan fingerprint density at radius 2 is 2.06 bits per heavy atom. The Hall–Kier alpha value is -0.0800. The fraction of sp³-hybridized carbons (Fsp3) is 1.00. The van der Waals surface area contributed by atoms with Gasteiger partial charge in [0.25, 0.3) is 0 Å². The molecule has 2 heteroatoms. The highest BCUT2D eigenvalue weighted by Crippen LogP contribution is 2.26. The average Bonchev–Trinajstić information content (AvgIpc) is 2.66. The van der Waals surface area contributed by atoms with Gasteiger partial charge in [0.15, 0.2) is 0 Å². The van der Waals surface area contributed by atoms with Crippen molar-refractivity contribution in [2.24, 2.45) is 17.1 Å². The van der Waals surface area contributed by atoms with Gasteiger partial charge in [0.1, 0.15) is 0 Å². The van der Waals surface area contributed by atoms with Gasteiger partial charge in [0.05, 0.1) is 0 Å². The molecule has 0 saturated carbocycles. The van der Waals surface area contributed by atoms with Crippen LogP contribution in [0.3, 0.4) is 0 Å². The smallest absolute Gasteiger partial charge is 0.0119 e. The third-order valence-corrected chi connectivity index (χ3v) is 4.04.